The molecular formula is C25H29N3O5S2. The number of ketones is 1. The number of aromatic nitrogens is 1. The van der Waals surface area contributed by atoms with Gasteiger partial charge >= 0.3 is 0 Å². The van der Waals surface area contributed by atoms with Crippen LogP contribution in [-0.4, -0.2) is 73.5 Å². The van der Waals surface area contributed by atoms with E-state index >= 15 is 0 Å². The molecular weight excluding hydrogens is 486 g/mol. The molecule has 1 atom stereocenters. The molecule has 2 saturated heterocycles. The minimum atomic E-state index is -3.36. The van der Waals surface area contributed by atoms with Gasteiger partial charge < -0.3 is 19.6 Å². The van der Waals surface area contributed by atoms with Crippen molar-refractivity contribution in [3.8, 4) is 0 Å². The first-order chi connectivity index (χ1) is 16.5. The summed E-state index contributed by atoms with van der Waals surface area (Å²) in [5, 5.41) is 10.1. The van der Waals surface area contributed by atoms with Crippen LogP contribution in [0.1, 0.15) is 31.1 Å². The lowest BCUT2D eigenvalue weighted by atomic mass is 9.71. The highest BCUT2D eigenvalue weighted by Crippen LogP contribution is 2.45. The summed E-state index contributed by atoms with van der Waals surface area (Å²) in [7, 11) is -3.36. The van der Waals surface area contributed by atoms with Crippen LogP contribution < -0.4 is 4.90 Å². The number of nitrogens with zero attached hydrogens (tertiary/aromatic N) is 3. The smallest absolute Gasteiger partial charge is 0.257 e. The van der Waals surface area contributed by atoms with Crippen LogP contribution in [0, 0.1) is 5.41 Å². The molecule has 0 spiro atoms. The second-order valence-corrected chi connectivity index (χ2v) is 11.8. The number of rotatable bonds is 4. The number of likely N-dealkylation sites (tertiary alicyclic amines) is 1. The standard InChI is InChI=1S/C25H29N3O5S2/c1-25(2)22(17-7-9-20(10-8-17)35(3,31)32)28(24(30)34)16-18(23(25)29)15-19-5-4-6-21(26-19)27-11-13-33-14-12-27/h4-10,15,22H,11-14,16H2,1-3H3,(H,30,34). The van der Waals surface area contributed by atoms with Gasteiger partial charge in [-0.1, -0.05) is 32.0 Å². The Balaban J connectivity index is 1.68. The molecule has 1 aromatic heterocycles. The number of hydrogen-bond donors (Lipinski definition) is 1. The van der Waals surface area contributed by atoms with Gasteiger partial charge in [-0.25, -0.2) is 13.4 Å². The Hall–Kier alpha value is -2.82. The maximum Gasteiger partial charge on any atom is 0.257 e. The van der Waals surface area contributed by atoms with Crippen molar-refractivity contribution in [2.75, 3.05) is 44.0 Å². The minimum absolute atomic E-state index is 0.0826. The molecule has 0 saturated carbocycles. The van der Waals surface area contributed by atoms with E-state index in [1.807, 2.05) is 18.2 Å². The van der Waals surface area contributed by atoms with Gasteiger partial charge in [0.25, 0.3) is 5.17 Å². The number of Topliss-reactive ketones (excluding diaryl/α,β-unsaturated/α-hetero) is 1. The fourth-order valence-corrected chi connectivity index (χ4v) is 5.52. The number of morpholine rings is 1. The Kier molecular flexibility index (Phi) is 6.99. The second-order valence-electron chi connectivity index (χ2n) is 9.39. The van der Waals surface area contributed by atoms with Gasteiger partial charge in [0.1, 0.15) is 5.82 Å². The van der Waals surface area contributed by atoms with Gasteiger partial charge in [0, 0.05) is 24.9 Å². The van der Waals surface area contributed by atoms with Crippen molar-refractivity contribution in [2.24, 2.45) is 5.41 Å². The van der Waals surface area contributed by atoms with E-state index in [1.165, 1.54) is 12.1 Å². The minimum Gasteiger partial charge on any atom is -0.486 e. The fourth-order valence-electron chi connectivity index (χ4n) is 4.72. The molecule has 1 N–H and O–H groups in total. The number of aliphatic hydroxyl groups is 1. The number of thiocarbonyl (C=S) groups is 1. The molecule has 0 aliphatic carbocycles. The summed E-state index contributed by atoms with van der Waals surface area (Å²) in [5.41, 5.74) is 0.874. The SMILES string of the molecule is CC1(C)C(=O)C(=Cc2cccc(N3CCOCC3)n2)CN(C(O)=S)C1c1ccc(S(C)(=O)=O)cc1. The Morgan fingerprint density at radius 3 is 2.43 bits per heavy atom. The fraction of sp³-hybridized carbons (Fsp3) is 0.400. The zero-order valence-corrected chi connectivity index (χ0v) is 21.6. The van der Waals surface area contributed by atoms with Crippen molar-refractivity contribution in [3.05, 3.63) is 59.3 Å². The first-order valence-corrected chi connectivity index (χ1v) is 13.6. The van der Waals surface area contributed by atoms with Gasteiger partial charge in [-0.2, -0.15) is 0 Å². The zero-order valence-electron chi connectivity index (χ0n) is 20.0. The lowest BCUT2D eigenvalue weighted by Gasteiger charge is -2.46. The van der Waals surface area contributed by atoms with Crippen LogP contribution in [0.15, 0.2) is 52.9 Å². The van der Waals surface area contributed by atoms with Crippen LogP contribution in [-0.2, 0) is 19.4 Å². The number of benzene rings is 1. The molecule has 10 heteroatoms. The van der Waals surface area contributed by atoms with Crippen LogP contribution >= 0.6 is 12.2 Å². The number of carbonyl (C=O) groups is 1. The topological polar surface area (TPSA) is 100 Å². The molecule has 2 aromatic rings. The Labute approximate surface area is 211 Å². The highest BCUT2D eigenvalue weighted by Gasteiger charge is 2.47. The molecule has 186 valence electrons. The second kappa shape index (κ2) is 9.67. The molecule has 0 bridgehead atoms. The number of aliphatic hydroxyl groups excluding tert-OH is 1. The highest BCUT2D eigenvalue weighted by atomic mass is 32.2. The first-order valence-electron chi connectivity index (χ1n) is 11.3. The molecule has 1 aromatic carbocycles. The Morgan fingerprint density at radius 2 is 1.83 bits per heavy atom. The molecule has 1 unspecified atom stereocenters. The van der Waals surface area contributed by atoms with E-state index in [4.69, 9.17) is 21.9 Å². The monoisotopic (exact) mass is 515 g/mol. The van der Waals surface area contributed by atoms with E-state index in [0.717, 1.165) is 25.2 Å². The molecule has 0 radical (unpaired) electrons. The number of piperidine rings is 1. The molecule has 35 heavy (non-hydrogen) atoms. The predicted octanol–water partition coefficient (Wildman–Crippen LogP) is 3.20. The summed E-state index contributed by atoms with van der Waals surface area (Å²) in [6.45, 7) is 6.53. The molecule has 4 rings (SSSR count). The van der Waals surface area contributed by atoms with Gasteiger partial charge in [-0.15, -0.1) is 0 Å². The van der Waals surface area contributed by atoms with Crippen LogP contribution in [0.3, 0.4) is 0 Å². The summed E-state index contributed by atoms with van der Waals surface area (Å²) in [6, 6.07) is 11.5. The third kappa shape index (κ3) is 5.24. The van der Waals surface area contributed by atoms with Crippen molar-refractivity contribution < 1.29 is 23.1 Å². The van der Waals surface area contributed by atoms with E-state index in [0.29, 0.717) is 30.0 Å². The maximum atomic E-state index is 13.6. The van der Waals surface area contributed by atoms with Crippen molar-refractivity contribution in [2.45, 2.75) is 24.8 Å². The Bertz CT molecular complexity index is 1270. The van der Waals surface area contributed by atoms with Gasteiger partial charge in [0.2, 0.25) is 0 Å². The number of sulfone groups is 1. The number of pyridine rings is 1. The molecule has 3 heterocycles. The third-order valence-electron chi connectivity index (χ3n) is 6.50. The molecule has 2 aliphatic rings. The highest BCUT2D eigenvalue weighted by molar-refractivity contribution is 7.90. The first kappa shape index (κ1) is 25.3. The summed E-state index contributed by atoms with van der Waals surface area (Å²) >= 11 is 5.16. The van der Waals surface area contributed by atoms with Gasteiger partial charge in [0.15, 0.2) is 15.6 Å². The van der Waals surface area contributed by atoms with Crippen molar-refractivity contribution in [1.29, 1.82) is 0 Å². The van der Waals surface area contributed by atoms with Crippen LogP contribution in [0.25, 0.3) is 6.08 Å². The van der Waals surface area contributed by atoms with Gasteiger partial charge in [-0.3, -0.25) is 4.79 Å². The van der Waals surface area contributed by atoms with E-state index < -0.39 is 21.3 Å². The van der Waals surface area contributed by atoms with Crippen molar-refractivity contribution in [3.63, 3.8) is 0 Å². The number of carbonyl (C=O) groups excluding carboxylic acids is 1. The third-order valence-corrected chi connectivity index (χ3v) is 7.86. The molecule has 2 aliphatic heterocycles. The maximum absolute atomic E-state index is 13.6. The normalized spacial score (nSPS) is 21.9. The van der Waals surface area contributed by atoms with Crippen molar-refractivity contribution in [1.82, 2.24) is 9.88 Å². The van der Waals surface area contributed by atoms with E-state index in [2.05, 4.69) is 4.90 Å². The average Bonchev–Trinajstić information content (AvgIpc) is 2.82. The molecule has 8 nitrogen and oxygen atoms in total. The number of hydrogen-bond acceptors (Lipinski definition) is 7. The lowest BCUT2D eigenvalue weighted by molar-refractivity contribution is -0.128. The zero-order chi connectivity index (χ0) is 25.4. The molecule has 2 fully saturated rings. The van der Waals surface area contributed by atoms with Crippen molar-refractivity contribution >= 4 is 44.9 Å². The van der Waals surface area contributed by atoms with E-state index in [9.17, 15) is 18.3 Å². The lowest BCUT2D eigenvalue weighted by Crippen LogP contribution is -2.51. The number of anilines is 1. The van der Waals surface area contributed by atoms with E-state index in [-0.39, 0.29) is 22.4 Å². The average molecular weight is 516 g/mol. The predicted molar refractivity (Wildman–Crippen MR) is 138 cm³/mol. The largest absolute Gasteiger partial charge is 0.486 e. The van der Waals surface area contributed by atoms with Crippen LogP contribution in [0.2, 0.25) is 0 Å². The van der Waals surface area contributed by atoms with E-state index in [1.54, 1.807) is 37.0 Å². The number of ether oxygens (including phenoxy) is 1. The molecule has 0 amide bonds. The Morgan fingerprint density at radius 1 is 1.17 bits per heavy atom. The van der Waals surface area contributed by atoms with Gasteiger partial charge in [0.05, 0.1) is 41.8 Å². The van der Waals surface area contributed by atoms with Crippen LogP contribution in [0.4, 0.5) is 5.82 Å². The summed E-state index contributed by atoms with van der Waals surface area (Å²) in [6.07, 6.45) is 2.90. The summed E-state index contributed by atoms with van der Waals surface area (Å²) < 4.78 is 29.1. The quantitative estimate of drug-likeness (QED) is 0.486. The summed E-state index contributed by atoms with van der Waals surface area (Å²) in [5.74, 6) is 0.740. The van der Waals surface area contributed by atoms with Gasteiger partial charge in [-0.05, 0) is 48.1 Å². The van der Waals surface area contributed by atoms with Crippen LogP contribution in [0.5, 0.6) is 0 Å². The summed E-state index contributed by atoms with van der Waals surface area (Å²) in [4.78, 5) is 22.3.